The molecule has 2 aromatic rings. The van der Waals surface area contributed by atoms with Crippen LogP contribution in [0.4, 0.5) is 4.39 Å². The van der Waals surface area contributed by atoms with Gasteiger partial charge in [0.15, 0.2) is 0 Å². The Hall–Kier alpha value is -2.03. The van der Waals surface area contributed by atoms with E-state index in [-0.39, 0.29) is 31.2 Å². The third-order valence-corrected chi connectivity index (χ3v) is 5.46. The molecule has 128 valence electrons. The summed E-state index contributed by atoms with van der Waals surface area (Å²) < 4.78 is 51.0. The molecule has 0 saturated carbocycles. The molecular formula is C16H17FN2O4S. The Labute approximate surface area is 139 Å². The summed E-state index contributed by atoms with van der Waals surface area (Å²) in [4.78, 5) is 4.01. The van der Waals surface area contributed by atoms with E-state index in [1.165, 1.54) is 16.4 Å². The van der Waals surface area contributed by atoms with E-state index in [9.17, 15) is 12.8 Å². The molecular weight excluding hydrogens is 335 g/mol. The summed E-state index contributed by atoms with van der Waals surface area (Å²) in [5, 5.41) is 0. The Bertz CT molecular complexity index is 768. The molecule has 1 aliphatic rings. The van der Waals surface area contributed by atoms with Crippen molar-refractivity contribution >= 4 is 10.0 Å². The zero-order valence-corrected chi connectivity index (χ0v) is 13.7. The predicted octanol–water partition coefficient (Wildman–Crippen LogP) is 1.69. The average Bonchev–Trinajstić information content (AvgIpc) is 2.82. The number of nitrogens with zero attached hydrogens (tertiary/aromatic N) is 2. The second kappa shape index (κ2) is 7.25. The molecule has 0 amide bonds. The molecule has 8 heteroatoms. The maximum Gasteiger partial charge on any atom is 0.243 e. The summed E-state index contributed by atoms with van der Waals surface area (Å²) in [6.07, 6.45) is 2.73. The molecule has 1 atom stereocenters. The van der Waals surface area contributed by atoms with Gasteiger partial charge in [-0.15, -0.1) is 0 Å². The van der Waals surface area contributed by atoms with Gasteiger partial charge in [0, 0.05) is 12.7 Å². The van der Waals surface area contributed by atoms with Gasteiger partial charge in [0.25, 0.3) is 0 Å². The smallest absolute Gasteiger partial charge is 0.243 e. The molecule has 0 radical (unpaired) electrons. The summed E-state index contributed by atoms with van der Waals surface area (Å²) in [5.41, 5.74) is 0. The zero-order chi connectivity index (χ0) is 17.0. The monoisotopic (exact) mass is 352 g/mol. The summed E-state index contributed by atoms with van der Waals surface area (Å²) in [5.74, 6) is 0.0677. The van der Waals surface area contributed by atoms with Crippen LogP contribution in [0.3, 0.4) is 0 Å². The molecule has 1 aliphatic heterocycles. The Morgan fingerprint density at radius 1 is 1.25 bits per heavy atom. The predicted molar refractivity (Wildman–Crippen MR) is 84.6 cm³/mol. The van der Waals surface area contributed by atoms with Gasteiger partial charge in [-0.05, 0) is 36.4 Å². The van der Waals surface area contributed by atoms with Crippen LogP contribution >= 0.6 is 0 Å². The lowest BCUT2D eigenvalue weighted by Crippen LogP contribution is -2.39. The van der Waals surface area contributed by atoms with Crippen molar-refractivity contribution in [2.45, 2.75) is 11.0 Å². The molecule has 1 aromatic carbocycles. The summed E-state index contributed by atoms with van der Waals surface area (Å²) in [6, 6.07) is 8.26. The van der Waals surface area contributed by atoms with E-state index in [1.807, 2.05) is 0 Å². The topological polar surface area (TPSA) is 68.7 Å². The van der Waals surface area contributed by atoms with Crippen LogP contribution in [0.25, 0.3) is 0 Å². The van der Waals surface area contributed by atoms with Crippen molar-refractivity contribution in [1.29, 1.82) is 0 Å². The van der Waals surface area contributed by atoms with Gasteiger partial charge in [-0.2, -0.15) is 4.31 Å². The third kappa shape index (κ3) is 3.89. The quantitative estimate of drug-likeness (QED) is 0.838. The number of hydrogen-bond donors (Lipinski definition) is 0. The number of aromatic nitrogens is 1. The first-order chi connectivity index (χ1) is 11.6. The molecule has 1 saturated heterocycles. The lowest BCUT2D eigenvalue weighted by atomic mass is 10.3. The second-order valence-corrected chi connectivity index (χ2v) is 7.26. The SMILES string of the molecule is O=S(=O)(c1ccc(F)cc1)N1CCOC[C@H](Oc2cccnc2)C1. The minimum Gasteiger partial charge on any atom is -0.485 e. The van der Waals surface area contributed by atoms with Crippen LogP contribution < -0.4 is 4.74 Å². The zero-order valence-electron chi connectivity index (χ0n) is 12.8. The number of hydrogen-bond acceptors (Lipinski definition) is 5. The number of benzene rings is 1. The molecule has 0 aliphatic carbocycles. The van der Waals surface area contributed by atoms with Crippen molar-refractivity contribution in [2.24, 2.45) is 0 Å². The molecule has 6 nitrogen and oxygen atoms in total. The van der Waals surface area contributed by atoms with Crippen molar-refractivity contribution in [3.63, 3.8) is 0 Å². The third-order valence-electron chi connectivity index (χ3n) is 3.58. The molecule has 1 aromatic heterocycles. The molecule has 1 fully saturated rings. The minimum absolute atomic E-state index is 0.0472. The highest BCUT2D eigenvalue weighted by molar-refractivity contribution is 7.89. The number of halogens is 1. The van der Waals surface area contributed by atoms with Crippen LogP contribution in [-0.2, 0) is 14.8 Å². The first-order valence-electron chi connectivity index (χ1n) is 7.46. The maximum atomic E-state index is 13.0. The standard InChI is InChI=1S/C16H17FN2O4S/c17-13-3-5-16(6-4-13)24(20,21)19-8-9-22-12-15(11-19)23-14-2-1-7-18-10-14/h1-7,10,15H,8-9,11-12H2/t15-/m1/s1. The van der Waals surface area contributed by atoms with Gasteiger partial charge < -0.3 is 9.47 Å². The Morgan fingerprint density at radius 2 is 2.04 bits per heavy atom. The van der Waals surface area contributed by atoms with Gasteiger partial charge in [-0.1, -0.05) is 0 Å². The summed E-state index contributed by atoms with van der Waals surface area (Å²) in [6.45, 7) is 0.916. The Kier molecular flexibility index (Phi) is 5.08. The van der Waals surface area contributed by atoms with Gasteiger partial charge in [0.2, 0.25) is 10.0 Å². The lowest BCUT2D eigenvalue weighted by Gasteiger charge is -2.23. The number of pyridine rings is 1. The van der Waals surface area contributed by atoms with Crippen LogP contribution in [0.2, 0.25) is 0 Å². The van der Waals surface area contributed by atoms with E-state index < -0.39 is 21.9 Å². The van der Waals surface area contributed by atoms with Gasteiger partial charge >= 0.3 is 0 Å². The molecule has 0 spiro atoms. The van der Waals surface area contributed by atoms with Crippen LogP contribution in [0.5, 0.6) is 5.75 Å². The highest BCUT2D eigenvalue weighted by Gasteiger charge is 2.30. The summed E-state index contributed by atoms with van der Waals surface area (Å²) in [7, 11) is -3.74. The van der Waals surface area contributed by atoms with Crippen LogP contribution in [0.15, 0.2) is 53.7 Å². The number of sulfonamides is 1. The molecule has 0 N–H and O–H groups in total. The van der Waals surface area contributed by atoms with Gasteiger partial charge in [-0.25, -0.2) is 12.8 Å². The first-order valence-corrected chi connectivity index (χ1v) is 8.90. The molecule has 0 unspecified atom stereocenters. The molecule has 3 rings (SSSR count). The van der Waals surface area contributed by atoms with Crippen molar-refractivity contribution in [1.82, 2.24) is 9.29 Å². The largest absolute Gasteiger partial charge is 0.485 e. The van der Waals surface area contributed by atoms with E-state index in [2.05, 4.69) is 4.98 Å². The highest BCUT2D eigenvalue weighted by Crippen LogP contribution is 2.19. The average molecular weight is 352 g/mol. The molecule has 2 heterocycles. The van der Waals surface area contributed by atoms with Crippen molar-refractivity contribution in [3.8, 4) is 5.75 Å². The van der Waals surface area contributed by atoms with Crippen molar-refractivity contribution in [2.75, 3.05) is 26.3 Å². The minimum atomic E-state index is -3.74. The highest BCUT2D eigenvalue weighted by atomic mass is 32.2. The van der Waals surface area contributed by atoms with Gasteiger partial charge in [-0.3, -0.25) is 4.98 Å². The Balaban J connectivity index is 1.78. The first kappa shape index (κ1) is 16.8. The van der Waals surface area contributed by atoms with Crippen molar-refractivity contribution < 1.29 is 22.3 Å². The lowest BCUT2D eigenvalue weighted by molar-refractivity contribution is 0.0721. The van der Waals surface area contributed by atoms with Crippen LogP contribution in [0.1, 0.15) is 0 Å². The van der Waals surface area contributed by atoms with Gasteiger partial charge in [0.1, 0.15) is 17.7 Å². The maximum absolute atomic E-state index is 13.0. The van der Waals surface area contributed by atoms with E-state index in [1.54, 1.807) is 24.5 Å². The second-order valence-electron chi connectivity index (χ2n) is 5.32. The number of rotatable bonds is 4. The normalized spacial score (nSPS) is 19.6. The summed E-state index contributed by atoms with van der Waals surface area (Å²) >= 11 is 0. The fourth-order valence-corrected chi connectivity index (χ4v) is 3.86. The van der Waals surface area contributed by atoms with Crippen LogP contribution in [-0.4, -0.2) is 50.1 Å². The fraction of sp³-hybridized carbons (Fsp3) is 0.312. The Morgan fingerprint density at radius 3 is 2.75 bits per heavy atom. The van der Waals surface area contributed by atoms with E-state index in [0.29, 0.717) is 5.75 Å². The van der Waals surface area contributed by atoms with Crippen LogP contribution in [0, 0.1) is 5.82 Å². The van der Waals surface area contributed by atoms with E-state index in [4.69, 9.17) is 9.47 Å². The fourth-order valence-electron chi connectivity index (χ4n) is 2.41. The van der Waals surface area contributed by atoms with E-state index >= 15 is 0 Å². The molecule has 0 bridgehead atoms. The van der Waals surface area contributed by atoms with Crippen molar-refractivity contribution in [3.05, 3.63) is 54.6 Å². The molecule has 24 heavy (non-hydrogen) atoms. The van der Waals surface area contributed by atoms with E-state index in [0.717, 1.165) is 12.1 Å². The number of ether oxygens (including phenoxy) is 2. The van der Waals surface area contributed by atoms with Gasteiger partial charge in [0.05, 0.1) is 30.9 Å².